The minimum Gasteiger partial charge on any atom is -0.497 e. The zero-order valence-corrected chi connectivity index (χ0v) is 16.6. The van der Waals surface area contributed by atoms with Crippen LogP contribution in [0.15, 0.2) is 48.5 Å². The first kappa shape index (κ1) is 20.1. The second kappa shape index (κ2) is 9.50. The number of anilines is 1. The second-order valence-corrected chi connectivity index (χ2v) is 8.17. The van der Waals surface area contributed by atoms with E-state index in [9.17, 15) is 13.8 Å². The minimum absolute atomic E-state index is 0.0532. The van der Waals surface area contributed by atoms with E-state index in [-0.39, 0.29) is 29.4 Å². The molecule has 0 aromatic heterocycles. The van der Waals surface area contributed by atoms with Crippen molar-refractivity contribution in [2.45, 2.75) is 25.3 Å². The molecule has 0 bridgehead atoms. The Morgan fingerprint density at radius 1 is 1.07 bits per heavy atom. The highest BCUT2D eigenvalue weighted by Gasteiger charge is 2.22. The molecule has 3 rings (SSSR count). The van der Waals surface area contributed by atoms with E-state index in [2.05, 4.69) is 16.7 Å². The van der Waals surface area contributed by atoms with Gasteiger partial charge in [0.05, 0.1) is 13.2 Å². The van der Waals surface area contributed by atoms with Crippen molar-refractivity contribution >= 4 is 28.3 Å². The Labute approximate surface area is 167 Å². The predicted molar refractivity (Wildman–Crippen MR) is 110 cm³/mol. The van der Waals surface area contributed by atoms with Crippen molar-refractivity contribution in [3.63, 3.8) is 0 Å². The number of aryl methyl sites for hydroxylation is 1. The number of benzene rings is 2. The summed E-state index contributed by atoms with van der Waals surface area (Å²) in [6.45, 7) is 0. The van der Waals surface area contributed by atoms with Crippen molar-refractivity contribution in [2.75, 3.05) is 23.9 Å². The van der Waals surface area contributed by atoms with E-state index in [1.54, 1.807) is 31.4 Å². The number of hydrogen-bond acceptors (Lipinski definition) is 4. The van der Waals surface area contributed by atoms with Crippen LogP contribution in [0.5, 0.6) is 5.75 Å². The monoisotopic (exact) mass is 400 g/mol. The highest BCUT2D eigenvalue weighted by Crippen LogP contribution is 2.29. The second-order valence-electron chi connectivity index (χ2n) is 6.72. The number of fused-ring (bicyclic) bond motifs is 1. The van der Waals surface area contributed by atoms with Crippen LogP contribution in [0.1, 0.15) is 30.0 Å². The molecule has 148 valence electrons. The molecule has 1 aliphatic rings. The number of ether oxygens (including phenoxy) is 1. The fourth-order valence-corrected chi connectivity index (χ4v) is 4.20. The summed E-state index contributed by atoms with van der Waals surface area (Å²) in [5.41, 5.74) is 2.97. The molecule has 0 fully saturated rings. The van der Waals surface area contributed by atoms with Crippen molar-refractivity contribution in [1.29, 1.82) is 0 Å². The van der Waals surface area contributed by atoms with Gasteiger partial charge < -0.3 is 15.4 Å². The lowest BCUT2D eigenvalue weighted by Gasteiger charge is -2.26. The number of carbonyl (C=O) groups is 2. The van der Waals surface area contributed by atoms with Crippen LogP contribution in [0.2, 0.25) is 0 Å². The molecule has 28 heavy (non-hydrogen) atoms. The first-order valence-corrected chi connectivity index (χ1v) is 10.7. The molecule has 2 aromatic carbocycles. The van der Waals surface area contributed by atoms with Crippen LogP contribution in [-0.2, 0) is 26.8 Å². The summed E-state index contributed by atoms with van der Waals surface area (Å²) in [4.78, 5) is 24.3. The van der Waals surface area contributed by atoms with Gasteiger partial charge in [-0.15, -0.1) is 0 Å². The summed E-state index contributed by atoms with van der Waals surface area (Å²) in [5.74, 6) is -0.408. The maximum Gasteiger partial charge on any atom is 0.237 e. The fourth-order valence-electron chi connectivity index (χ4n) is 3.35. The number of amides is 2. The highest BCUT2D eigenvalue weighted by atomic mass is 32.2. The predicted octanol–water partition coefficient (Wildman–Crippen LogP) is 2.58. The third-order valence-corrected chi connectivity index (χ3v) is 5.83. The van der Waals surface area contributed by atoms with Gasteiger partial charge in [-0.1, -0.05) is 24.3 Å². The molecule has 0 unspecified atom stereocenters. The Kier molecular flexibility index (Phi) is 6.81. The van der Waals surface area contributed by atoms with Gasteiger partial charge in [0.15, 0.2) is 0 Å². The molecule has 0 saturated carbocycles. The van der Waals surface area contributed by atoms with Crippen LogP contribution in [0.4, 0.5) is 5.69 Å². The Morgan fingerprint density at radius 2 is 1.79 bits per heavy atom. The van der Waals surface area contributed by atoms with Crippen LogP contribution in [0.25, 0.3) is 0 Å². The molecule has 2 amide bonds. The van der Waals surface area contributed by atoms with Crippen molar-refractivity contribution < 1.29 is 18.5 Å². The van der Waals surface area contributed by atoms with Gasteiger partial charge in [-0.05, 0) is 54.7 Å². The van der Waals surface area contributed by atoms with Gasteiger partial charge in [0, 0.05) is 16.5 Å². The first-order valence-electron chi connectivity index (χ1n) is 9.21. The average Bonchev–Trinajstić information content (AvgIpc) is 2.68. The standard InChI is InChI=1S/C21H24N2O4S/c1-27-17-11-9-16(10-12-17)22-20(24)13-28(26)14-21(25)23-19-8-4-6-15-5-2-3-7-18(15)19/h2-3,5,7,9-12,19H,4,6,8,13-14H2,1H3,(H,22,24)(H,23,25)/t19-,28-/m0/s1. The molecule has 0 saturated heterocycles. The lowest BCUT2D eigenvalue weighted by Crippen LogP contribution is -2.35. The van der Waals surface area contributed by atoms with E-state index < -0.39 is 10.8 Å². The van der Waals surface area contributed by atoms with E-state index in [1.165, 1.54) is 5.56 Å². The smallest absolute Gasteiger partial charge is 0.237 e. The van der Waals surface area contributed by atoms with E-state index >= 15 is 0 Å². The Hall–Kier alpha value is -2.67. The van der Waals surface area contributed by atoms with Crippen LogP contribution < -0.4 is 15.4 Å². The largest absolute Gasteiger partial charge is 0.497 e. The van der Waals surface area contributed by atoms with Gasteiger partial charge in [0.25, 0.3) is 0 Å². The summed E-state index contributed by atoms with van der Waals surface area (Å²) in [7, 11) is -0.00757. The molecule has 6 nitrogen and oxygen atoms in total. The van der Waals surface area contributed by atoms with Crippen molar-refractivity contribution in [3.8, 4) is 5.75 Å². The van der Waals surface area contributed by atoms with Gasteiger partial charge >= 0.3 is 0 Å². The average molecular weight is 401 g/mol. The fraction of sp³-hybridized carbons (Fsp3) is 0.333. The van der Waals surface area contributed by atoms with Gasteiger partial charge in [0.2, 0.25) is 11.8 Å². The topological polar surface area (TPSA) is 84.5 Å². The molecule has 0 aliphatic heterocycles. The van der Waals surface area contributed by atoms with Gasteiger partial charge in [-0.3, -0.25) is 13.8 Å². The van der Waals surface area contributed by atoms with Crippen molar-refractivity contribution in [2.24, 2.45) is 0 Å². The number of carbonyl (C=O) groups excluding carboxylic acids is 2. The normalized spacial score (nSPS) is 16.5. The molecular formula is C21H24N2O4S. The summed E-state index contributed by atoms with van der Waals surface area (Å²) < 4.78 is 17.3. The molecular weight excluding hydrogens is 376 g/mol. The highest BCUT2D eigenvalue weighted by molar-refractivity contribution is 7.86. The van der Waals surface area contributed by atoms with Gasteiger partial charge in [0.1, 0.15) is 17.3 Å². The van der Waals surface area contributed by atoms with Crippen LogP contribution in [0.3, 0.4) is 0 Å². The van der Waals surface area contributed by atoms with Crippen LogP contribution in [0, 0.1) is 0 Å². The maximum atomic E-state index is 12.3. The first-order chi connectivity index (χ1) is 13.5. The minimum atomic E-state index is -1.57. The molecule has 2 aromatic rings. The van der Waals surface area contributed by atoms with E-state index in [4.69, 9.17) is 4.74 Å². The molecule has 0 spiro atoms. The molecule has 0 radical (unpaired) electrons. The van der Waals surface area contributed by atoms with Crippen LogP contribution >= 0.6 is 0 Å². The van der Waals surface area contributed by atoms with Gasteiger partial charge in [-0.2, -0.15) is 0 Å². The molecule has 0 heterocycles. The van der Waals surface area contributed by atoms with E-state index in [0.717, 1.165) is 24.8 Å². The molecule has 1 aliphatic carbocycles. The number of hydrogen-bond donors (Lipinski definition) is 2. The lowest BCUT2D eigenvalue weighted by molar-refractivity contribution is -0.119. The third-order valence-electron chi connectivity index (χ3n) is 4.66. The van der Waals surface area contributed by atoms with E-state index in [1.807, 2.05) is 18.2 Å². The van der Waals surface area contributed by atoms with Crippen molar-refractivity contribution in [3.05, 3.63) is 59.7 Å². The number of methoxy groups -OCH3 is 1. The molecule has 7 heteroatoms. The number of rotatable bonds is 7. The summed E-state index contributed by atoms with van der Waals surface area (Å²) >= 11 is 0. The Bertz CT molecular complexity index is 867. The zero-order chi connectivity index (χ0) is 19.9. The van der Waals surface area contributed by atoms with Crippen LogP contribution in [-0.4, -0.2) is 34.6 Å². The molecule has 2 N–H and O–H groups in total. The van der Waals surface area contributed by atoms with Crippen molar-refractivity contribution in [1.82, 2.24) is 5.32 Å². The van der Waals surface area contributed by atoms with E-state index in [0.29, 0.717) is 11.4 Å². The maximum absolute atomic E-state index is 12.3. The molecule has 2 atom stereocenters. The third kappa shape index (κ3) is 5.42. The summed E-state index contributed by atoms with van der Waals surface area (Å²) in [6, 6.07) is 14.9. The quantitative estimate of drug-likeness (QED) is 0.748. The summed E-state index contributed by atoms with van der Waals surface area (Å²) in [5, 5.41) is 5.64. The number of nitrogens with one attached hydrogen (secondary N) is 2. The SMILES string of the molecule is COc1ccc(NC(=O)C[S@](=O)CC(=O)N[C@H]2CCCc3ccccc32)cc1. The lowest BCUT2D eigenvalue weighted by atomic mass is 9.88. The summed E-state index contributed by atoms with van der Waals surface area (Å²) in [6.07, 6.45) is 2.89. The Morgan fingerprint density at radius 3 is 2.54 bits per heavy atom. The Balaban J connectivity index is 1.48. The van der Waals surface area contributed by atoms with Gasteiger partial charge in [-0.25, -0.2) is 0 Å². The zero-order valence-electron chi connectivity index (χ0n) is 15.8.